The van der Waals surface area contributed by atoms with Crippen LogP contribution in [0.5, 0.6) is 5.75 Å². The number of hydrogen-bond acceptors (Lipinski definition) is 4. The van der Waals surface area contributed by atoms with Gasteiger partial charge in [0.1, 0.15) is 5.75 Å². The molecule has 0 radical (unpaired) electrons. The summed E-state index contributed by atoms with van der Waals surface area (Å²) in [5.74, 6) is 0.0603. The Labute approximate surface area is 130 Å². The highest BCUT2D eigenvalue weighted by molar-refractivity contribution is 7.89. The third-order valence-corrected chi connectivity index (χ3v) is 4.75. The highest BCUT2D eigenvalue weighted by atomic mass is 35.5. The largest absolute Gasteiger partial charge is 0.492 e. The number of amides is 1. The number of ether oxygens (including phenoxy) is 1. The molecule has 1 amide bonds. The predicted molar refractivity (Wildman–Crippen MR) is 81.1 cm³/mol. The average molecular weight is 335 g/mol. The summed E-state index contributed by atoms with van der Waals surface area (Å²) < 4.78 is 30.9. The first-order valence-electron chi connectivity index (χ1n) is 6.48. The van der Waals surface area contributed by atoms with E-state index in [-0.39, 0.29) is 22.4 Å². The Balaban J connectivity index is 2.97. The van der Waals surface area contributed by atoms with E-state index in [9.17, 15) is 13.2 Å². The maximum atomic E-state index is 12.3. The van der Waals surface area contributed by atoms with E-state index < -0.39 is 10.0 Å². The molecule has 118 valence electrons. The third kappa shape index (κ3) is 4.59. The van der Waals surface area contributed by atoms with Gasteiger partial charge < -0.3 is 10.1 Å². The number of rotatable bonds is 7. The Bertz CT molecular complexity index is 604. The lowest BCUT2D eigenvalue weighted by Crippen LogP contribution is -2.38. The van der Waals surface area contributed by atoms with E-state index >= 15 is 0 Å². The van der Waals surface area contributed by atoms with Gasteiger partial charge in [-0.15, -0.1) is 0 Å². The molecule has 0 fully saturated rings. The van der Waals surface area contributed by atoms with Gasteiger partial charge in [-0.3, -0.25) is 4.79 Å². The van der Waals surface area contributed by atoms with E-state index in [0.717, 1.165) is 4.31 Å². The van der Waals surface area contributed by atoms with Crippen LogP contribution in [0.25, 0.3) is 0 Å². The SMILES string of the molecule is CCNC(=O)CN(C)S(=O)(=O)c1ccc(OCC)c(Cl)c1. The van der Waals surface area contributed by atoms with Crippen molar-refractivity contribution < 1.29 is 17.9 Å². The molecule has 0 aliphatic heterocycles. The predicted octanol–water partition coefficient (Wildman–Crippen LogP) is 1.50. The van der Waals surface area contributed by atoms with E-state index in [0.29, 0.717) is 18.9 Å². The zero-order valence-corrected chi connectivity index (χ0v) is 13.8. The van der Waals surface area contributed by atoms with Gasteiger partial charge in [-0.1, -0.05) is 11.6 Å². The van der Waals surface area contributed by atoms with Crippen LogP contribution in [0.15, 0.2) is 23.1 Å². The lowest BCUT2D eigenvalue weighted by Gasteiger charge is -2.17. The summed E-state index contributed by atoms with van der Waals surface area (Å²) in [6.45, 7) is 4.20. The van der Waals surface area contributed by atoms with Crippen molar-refractivity contribution in [3.63, 3.8) is 0 Å². The van der Waals surface area contributed by atoms with E-state index in [1.165, 1.54) is 25.2 Å². The summed E-state index contributed by atoms with van der Waals surface area (Å²) in [5.41, 5.74) is 0. The van der Waals surface area contributed by atoms with E-state index in [4.69, 9.17) is 16.3 Å². The fourth-order valence-corrected chi connectivity index (χ4v) is 3.09. The maximum Gasteiger partial charge on any atom is 0.243 e. The molecular weight excluding hydrogens is 316 g/mol. The fraction of sp³-hybridized carbons (Fsp3) is 0.462. The minimum Gasteiger partial charge on any atom is -0.492 e. The molecule has 1 N–H and O–H groups in total. The monoisotopic (exact) mass is 334 g/mol. The van der Waals surface area contributed by atoms with Crippen molar-refractivity contribution in [1.82, 2.24) is 9.62 Å². The van der Waals surface area contributed by atoms with Crippen molar-refractivity contribution >= 4 is 27.5 Å². The van der Waals surface area contributed by atoms with Gasteiger partial charge in [0.2, 0.25) is 15.9 Å². The van der Waals surface area contributed by atoms with Crippen LogP contribution >= 0.6 is 11.6 Å². The Morgan fingerprint density at radius 3 is 2.57 bits per heavy atom. The standard InChI is InChI=1S/C13H19ClN2O4S/c1-4-15-13(17)9-16(3)21(18,19)10-6-7-12(20-5-2)11(14)8-10/h6-8H,4-5,9H2,1-3H3,(H,15,17). The summed E-state index contributed by atoms with van der Waals surface area (Å²) in [7, 11) is -2.43. The van der Waals surface area contributed by atoms with Gasteiger partial charge in [-0.25, -0.2) is 8.42 Å². The van der Waals surface area contributed by atoms with Crippen molar-refractivity contribution in [3.8, 4) is 5.75 Å². The Morgan fingerprint density at radius 2 is 2.05 bits per heavy atom. The smallest absolute Gasteiger partial charge is 0.243 e. The molecule has 0 aliphatic rings. The van der Waals surface area contributed by atoms with Crippen molar-refractivity contribution in [2.75, 3.05) is 26.7 Å². The summed E-state index contributed by atoms with van der Waals surface area (Å²) in [6.07, 6.45) is 0. The van der Waals surface area contributed by atoms with Gasteiger partial charge in [-0.05, 0) is 32.0 Å². The number of nitrogens with one attached hydrogen (secondary N) is 1. The van der Waals surface area contributed by atoms with E-state index in [1.807, 2.05) is 0 Å². The quantitative estimate of drug-likeness (QED) is 0.819. The van der Waals surface area contributed by atoms with E-state index in [1.54, 1.807) is 13.8 Å². The summed E-state index contributed by atoms with van der Waals surface area (Å²) in [4.78, 5) is 11.5. The fourth-order valence-electron chi connectivity index (χ4n) is 1.63. The van der Waals surface area contributed by atoms with Crippen LogP contribution in [-0.4, -0.2) is 45.4 Å². The van der Waals surface area contributed by atoms with Crippen molar-refractivity contribution in [3.05, 3.63) is 23.2 Å². The molecule has 1 aromatic carbocycles. The van der Waals surface area contributed by atoms with Gasteiger partial charge in [0.15, 0.2) is 0 Å². The normalized spacial score (nSPS) is 11.5. The topological polar surface area (TPSA) is 75.7 Å². The number of hydrogen-bond donors (Lipinski definition) is 1. The highest BCUT2D eigenvalue weighted by Crippen LogP contribution is 2.28. The highest BCUT2D eigenvalue weighted by Gasteiger charge is 2.23. The molecule has 1 aromatic rings. The average Bonchev–Trinajstić information content (AvgIpc) is 2.41. The van der Waals surface area contributed by atoms with E-state index in [2.05, 4.69) is 5.32 Å². The molecule has 1 rings (SSSR count). The maximum absolute atomic E-state index is 12.3. The zero-order chi connectivity index (χ0) is 16.0. The summed E-state index contributed by atoms with van der Waals surface area (Å²) >= 11 is 5.99. The molecule has 0 unspecified atom stereocenters. The number of likely N-dealkylation sites (N-methyl/N-ethyl adjacent to an activating group) is 2. The molecule has 0 saturated heterocycles. The number of benzene rings is 1. The first kappa shape index (κ1) is 17.7. The third-order valence-electron chi connectivity index (χ3n) is 2.65. The molecule has 0 atom stereocenters. The lowest BCUT2D eigenvalue weighted by atomic mass is 10.3. The Morgan fingerprint density at radius 1 is 1.38 bits per heavy atom. The first-order chi connectivity index (χ1) is 9.82. The summed E-state index contributed by atoms with van der Waals surface area (Å²) in [5, 5.41) is 2.76. The molecule has 0 spiro atoms. The molecule has 0 saturated carbocycles. The second-order valence-corrected chi connectivity index (χ2v) is 6.69. The van der Waals surface area contributed by atoms with Crippen molar-refractivity contribution in [2.45, 2.75) is 18.7 Å². The second kappa shape index (κ2) is 7.63. The molecular formula is C13H19ClN2O4S. The van der Waals surface area contributed by atoms with Crippen LogP contribution in [0.2, 0.25) is 5.02 Å². The molecule has 0 aromatic heterocycles. The Hall–Kier alpha value is -1.31. The number of carbonyl (C=O) groups excluding carboxylic acids is 1. The van der Waals surface area contributed by atoms with Crippen LogP contribution < -0.4 is 10.1 Å². The van der Waals surface area contributed by atoms with Crippen LogP contribution in [0.3, 0.4) is 0 Å². The van der Waals surface area contributed by atoms with Crippen LogP contribution in [-0.2, 0) is 14.8 Å². The van der Waals surface area contributed by atoms with Gasteiger partial charge in [-0.2, -0.15) is 4.31 Å². The second-order valence-electron chi connectivity index (χ2n) is 4.24. The Kier molecular flexibility index (Phi) is 6.44. The number of carbonyl (C=O) groups is 1. The van der Waals surface area contributed by atoms with Gasteiger partial charge in [0.25, 0.3) is 0 Å². The van der Waals surface area contributed by atoms with Crippen molar-refractivity contribution in [2.24, 2.45) is 0 Å². The molecule has 0 heterocycles. The minimum absolute atomic E-state index is 0.0164. The van der Waals surface area contributed by atoms with Gasteiger partial charge in [0.05, 0.1) is 23.1 Å². The van der Waals surface area contributed by atoms with Crippen molar-refractivity contribution in [1.29, 1.82) is 0 Å². The summed E-state index contributed by atoms with van der Waals surface area (Å²) in [6, 6.07) is 4.22. The molecule has 6 nitrogen and oxygen atoms in total. The number of nitrogens with zero attached hydrogens (tertiary/aromatic N) is 1. The minimum atomic E-state index is -3.77. The molecule has 0 bridgehead atoms. The lowest BCUT2D eigenvalue weighted by molar-refractivity contribution is -0.121. The number of halogens is 1. The van der Waals surface area contributed by atoms with Gasteiger partial charge >= 0.3 is 0 Å². The molecule has 21 heavy (non-hydrogen) atoms. The molecule has 0 aliphatic carbocycles. The van der Waals surface area contributed by atoms with Crippen LogP contribution in [0.4, 0.5) is 0 Å². The first-order valence-corrected chi connectivity index (χ1v) is 8.30. The zero-order valence-electron chi connectivity index (χ0n) is 12.2. The number of sulfonamides is 1. The van der Waals surface area contributed by atoms with Crippen LogP contribution in [0, 0.1) is 0 Å². The molecule has 8 heteroatoms. The van der Waals surface area contributed by atoms with Crippen LogP contribution in [0.1, 0.15) is 13.8 Å². The van der Waals surface area contributed by atoms with Gasteiger partial charge in [0, 0.05) is 13.6 Å².